The highest BCUT2D eigenvalue weighted by Crippen LogP contribution is 2.80. The number of hydrogen-bond acceptors (Lipinski definition) is 5. The fourth-order valence-corrected chi connectivity index (χ4v) is 5.57. The van der Waals surface area contributed by atoms with Crippen LogP contribution in [-0.2, 0) is 14.3 Å². The summed E-state index contributed by atoms with van der Waals surface area (Å²) >= 11 is 0. The molecule has 0 amide bonds. The molecule has 1 fully saturated rings. The number of hydrogen-bond donors (Lipinski definition) is 0. The largest absolute Gasteiger partial charge is 0.465 e. The van der Waals surface area contributed by atoms with Crippen molar-refractivity contribution in [2.45, 2.75) is 26.2 Å². The van der Waals surface area contributed by atoms with E-state index < -0.39 is 28.7 Å². The predicted molar refractivity (Wildman–Crippen MR) is 115 cm³/mol. The van der Waals surface area contributed by atoms with Crippen molar-refractivity contribution in [3.05, 3.63) is 77.9 Å². The Morgan fingerprint density at radius 3 is 2.39 bits per heavy atom. The average molecular weight is 414 g/mol. The van der Waals surface area contributed by atoms with Gasteiger partial charge in [-0.3, -0.25) is 14.4 Å². The summed E-state index contributed by atoms with van der Waals surface area (Å²) in [6.45, 7) is 3.65. The SMILES string of the molecule is CCOC(=O)[C@]12C(=O)Oc3ccc4ccccc4c3[C@@H]1[C@]2(CC)C(=O)c1ccccc1. The molecule has 1 heterocycles. The fourth-order valence-electron chi connectivity index (χ4n) is 5.57. The van der Waals surface area contributed by atoms with E-state index in [1.807, 2.05) is 43.3 Å². The van der Waals surface area contributed by atoms with Gasteiger partial charge in [-0.2, -0.15) is 0 Å². The normalized spacial score (nSPS) is 25.9. The van der Waals surface area contributed by atoms with Crippen LogP contribution in [0.5, 0.6) is 5.75 Å². The number of rotatable bonds is 5. The molecule has 0 saturated heterocycles. The minimum Gasteiger partial charge on any atom is -0.465 e. The van der Waals surface area contributed by atoms with Gasteiger partial charge in [0, 0.05) is 17.0 Å². The van der Waals surface area contributed by atoms with E-state index in [1.54, 1.807) is 37.3 Å². The molecular formula is C26H22O5. The molecule has 3 aromatic rings. The van der Waals surface area contributed by atoms with Gasteiger partial charge in [0.25, 0.3) is 0 Å². The van der Waals surface area contributed by atoms with Gasteiger partial charge in [-0.05, 0) is 30.2 Å². The second-order valence-electron chi connectivity index (χ2n) is 8.07. The molecule has 1 aliphatic heterocycles. The van der Waals surface area contributed by atoms with Crippen LogP contribution < -0.4 is 4.74 Å². The first-order chi connectivity index (χ1) is 15.0. The average Bonchev–Trinajstić information content (AvgIpc) is 3.45. The molecule has 2 aliphatic rings. The van der Waals surface area contributed by atoms with Crippen LogP contribution in [0.4, 0.5) is 0 Å². The van der Waals surface area contributed by atoms with Crippen molar-refractivity contribution in [3.8, 4) is 5.75 Å². The molecule has 5 nitrogen and oxygen atoms in total. The van der Waals surface area contributed by atoms with Gasteiger partial charge in [0.2, 0.25) is 0 Å². The van der Waals surface area contributed by atoms with Gasteiger partial charge in [0.05, 0.1) is 12.0 Å². The van der Waals surface area contributed by atoms with E-state index in [-0.39, 0.29) is 12.4 Å². The van der Waals surface area contributed by atoms with Gasteiger partial charge in [0.15, 0.2) is 11.2 Å². The van der Waals surface area contributed by atoms with Gasteiger partial charge in [-0.25, -0.2) is 0 Å². The molecule has 0 bridgehead atoms. The summed E-state index contributed by atoms with van der Waals surface area (Å²) in [7, 11) is 0. The van der Waals surface area contributed by atoms with E-state index in [1.165, 1.54) is 0 Å². The lowest BCUT2D eigenvalue weighted by molar-refractivity contribution is -0.162. The first-order valence-electron chi connectivity index (χ1n) is 10.5. The molecule has 5 rings (SSSR count). The summed E-state index contributed by atoms with van der Waals surface area (Å²) in [5.74, 6) is -1.85. The molecule has 5 heteroatoms. The van der Waals surface area contributed by atoms with Crippen LogP contribution in [0.15, 0.2) is 66.7 Å². The summed E-state index contributed by atoms with van der Waals surface area (Å²) in [4.78, 5) is 40.7. The third-order valence-electron chi connectivity index (χ3n) is 6.89. The van der Waals surface area contributed by atoms with Crippen molar-refractivity contribution in [1.82, 2.24) is 0 Å². The van der Waals surface area contributed by atoms with E-state index in [2.05, 4.69) is 0 Å². The maximum Gasteiger partial charge on any atom is 0.330 e. The molecule has 1 aliphatic carbocycles. The van der Waals surface area contributed by atoms with E-state index in [9.17, 15) is 14.4 Å². The number of esters is 2. The van der Waals surface area contributed by atoms with Crippen molar-refractivity contribution in [2.75, 3.05) is 6.61 Å². The number of ketones is 1. The summed E-state index contributed by atoms with van der Waals surface area (Å²) in [5, 5.41) is 1.84. The number of ether oxygens (including phenoxy) is 2. The zero-order valence-electron chi connectivity index (χ0n) is 17.4. The smallest absolute Gasteiger partial charge is 0.330 e. The maximum absolute atomic E-state index is 13.9. The van der Waals surface area contributed by atoms with Crippen LogP contribution in [-0.4, -0.2) is 24.3 Å². The quantitative estimate of drug-likeness (QED) is 0.262. The molecule has 0 aromatic heterocycles. The van der Waals surface area contributed by atoms with Crippen molar-refractivity contribution in [2.24, 2.45) is 10.8 Å². The highest BCUT2D eigenvalue weighted by atomic mass is 16.6. The highest BCUT2D eigenvalue weighted by Gasteiger charge is 2.90. The second kappa shape index (κ2) is 6.77. The maximum atomic E-state index is 13.9. The Kier molecular flexibility index (Phi) is 4.26. The molecule has 1 saturated carbocycles. The molecule has 3 aromatic carbocycles. The lowest BCUT2D eigenvalue weighted by Gasteiger charge is -2.23. The predicted octanol–water partition coefficient (Wildman–Crippen LogP) is 4.68. The van der Waals surface area contributed by atoms with Gasteiger partial charge >= 0.3 is 11.9 Å². The Bertz CT molecular complexity index is 1230. The van der Waals surface area contributed by atoms with Crippen molar-refractivity contribution in [3.63, 3.8) is 0 Å². The summed E-state index contributed by atoms with van der Waals surface area (Å²) in [6, 6.07) is 20.2. The first kappa shape index (κ1) is 19.5. The van der Waals surface area contributed by atoms with Gasteiger partial charge in [-0.1, -0.05) is 67.6 Å². The second-order valence-corrected chi connectivity index (χ2v) is 8.07. The summed E-state index contributed by atoms with van der Waals surface area (Å²) in [5.41, 5.74) is -1.73. The van der Waals surface area contributed by atoms with E-state index >= 15 is 0 Å². The van der Waals surface area contributed by atoms with Crippen LogP contribution in [0, 0.1) is 10.8 Å². The van der Waals surface area contributed by atoms with Crippen LogP contribution in [0.25, 0.3) is 10.8 Å². The van der Waals surface area contributed by atoms with Crippen molar-refractivity contribution < 1.29 is 23.9 Å². The number of carbonyl (C=O) groups is 3. The Balaban J connectivity index is 1.81. The minimum atomic E-state index is -1.68. The highest BCUT2D eigenvalue weighted by molar-refractivity contribution is 6.21. The molecular weight excluding hydrogens is 392 g/mol. The zero-order valence-corrected chi connectivity index (χ0v) is 17.4. The Hall–Kier alpha value is -3.47. The van der Waals surface area contributed by atoms with E-state index in [0.29, 0.717) is 17.7 Å². The Morgan fingerprint density at radius 2 is 1.68 bits per heavy atom. The molecule has 156 valence electrons. The van der Waals surface area contributed by atoms with Crippen molar-refractivity contribution in [1.29, 1.82) is 0 Å². The third kappa shape index (κ3) is 2.29. The number of benzene rings is 3. The molecule has 0 radical (unpaired) electrons. The van der Waals surface area contributed by atoms with Gasteiger partial charge < -0.3 is 9.47 Å². The minimum absolute atomic E-state index is 0.113. The topological polar surface area (TPSA) is 69.7 Å². The van der Waals surface area contributed by atoms with Crippen molar-refractivity contribution >= 4 is 28.5 Å². The Morgan fingerprint density at radius 1 is 0.968 bits per heavy atom. The Labute approximate surface area is 180 Å². The third-order valence-corrected chi connectivity index (χ3v) is 6.89. The lowest BCUT2D eigenvalue weighted by atomic mass is 9.83. The number of Topliss-reactive ketones (excluding diaryl/α,β-unsaturated/α-hetero) is 1. The molecule has 0 unspecified atom stereocenters. The fraction of sp³-hybridized carbons (Fsp3) is 0.269. The monoisotopic (exact) mass is 414 g/mol. The molecule has 0 N–H and O–H groups in total. The molecule has 31 heavy (non-hydrogen) atoms. The van der Waals surface area contributed by atoms with Gasteiger partial charge in [0.1, 0.15) is 5.75 Å². The van der Waals surface area contributed by atoms with E-state index in [0.717, 1.165) is 16.3 Å². The lowest BCUT2D eigenvalue weighted by Crippen LogP contribution is -2.40. The van der Waals surface area contributed by atoms with Gasteiger partial charge in [-0.15, -0.1) is 0 Å². The van der Waals surface area contributed by atoms with E-state index in [4.69, 9.17) is 9.47 Å². The van der Waals surface area contributed by atoms with Crippen LogP contribution in [0.3, 0.4) is 0 Å². The molecule has 0 spiro atoms. The standard InChI is InChI=1S/C26H22O5/c1-3-25(22(27)17-11-6-5-7-12-17)21-20-18-13-9-8-10-16(18)14-15-19(20)31-24(29)26(21,25)23(28)30-4-2/h5-15,21H,3-4H2,1-2H3/t21-,25-,26+/m1/s1. The number of carbonyl (C=O) groups excluding carboxylic acids is 3. The molecule has 3 atom stereocenters. The summed E-state index contributed by atoms with van der Waals surface area (Å²) in [6.07, 6.45) is 0.308. The zero-order chi connectivity index (χ0) is 21.8. The number of fused-ring (bicyclic) bond motifs is 5. The van der Waals surface area contributed by atoms with Crippen LogP contribution in [0.2, 0.25) is 0 Å². The first-order valence-corrected chi connectivity index (χ1v) is 10.5. The van der Waals surface area contributed by atoms with Crippen LogP contribution >= 0.6 is 0 Å². The summed E-state index contributed by atoms with van der Waals surface area (Å²) < 4.78 is 11.1. The van der Waals surface area contributed by atoms with Crippen LogP contribution in [0.1, 0.15) is 42.1 Å².